The summed E-state index contributed by atoms with van der Waals surface area (Å²) < 4.78 is 16.8. The highest BCUT2D eigenvalue weighted by atomic mass is 16.6. The Morgan fingerprint density at radius 2 is 2.13 bits per heavy atom. The van der Waals surface area contributed by atoms with Gasteiger partial charge in [-0.1, -0.05) is 12.1 Å². The maximum atomic E-state index is 12.2. The van der Waals surface area contributed by atoms with Gasteiger partial charge < -0.3 is 24.4 Å². The molecule has 1 N–H and O–H groups in total. The minimum atomic E-state index is -0.154. The number of carbonyl (C=O) groups excluding carboxylic acids is 1. The smallest absolute Gasteiger partial charge is 0.317 e. The van der Waals surface area contributed by atoms with Crippen molar-refractivity contribution in [2.45, 2.75) is 26.4 Å². The van der Waals surface area contributed by atoms with E-state index >= 15 is 0 Å². The summed E-state index contributed by atoms with van der Waals surface area (Å²) in [6.07, 6.45) is 0.659. The van der Waals surface area contributed by atoms with E-state index in [0.717, 1.165) is 17.9 Å². The number of rotatable bonds is 8. The van der Waals surface area contributed by atoms with Crippen molar-refractivity contribution in [1.82, 2.24) is 10.2 Å². The molecule has 6 heteroatoms. The van der Waals surface area contributed by atoms with Gasteiger partial charge in [-0.3, -0.25) is 0 Å². The van der Waals surface area contributed by atoms with Crippen molar-refractivity contribution in [3.8, 4) is 11.5 Å². The summed E-state index contributed by atoms with van der Waals surface area (Å²) in [7, 11) is 0. The zero-order valence-electron chi connectivity index (χ0n) is 13.9. The lowest BCUT2D eigenvalue weighted by atomic mass is 10.2. The molecule has 2 amide bonds. The van der Waals surface area contributed by atoms with E-state index < -0.39 is 0 Å². The fourth-order valence-corrected chi connectivity index (χ4v) is 2.38. The lowest BCUT2D eigenvalue weighted by Gasteiger charge is -2.30. The van der Waals surface area contributed by atoms with Gasteiger partial charge in [0, 0.05) is 26.3 Å². The largest absolute Gasteiger partial charge is 0.486 e. The van der Waals surface area contributed by atoms with Gasteiger partial charge in [-0.2, -0.15) is 0 Å². The first-order valence-electron chi connectivity index (χ1n) is 8.23. The minimum absolute atomic E-state index is 0.0774. The molecular weight excluding hydrogens is 296 g/mol. The molecular formula is C17H26N2O4. The Bertz CT molecular complexity index is 495. The second kappa shape index (κ2) is 9.25. The van der Waals surface area contributed by atoms with Crippen molar-refractivity contribution in [1.29, 1.82) is 0 Å². The first-order chi connectivity index (χ1) is 11.2. The number of amides is 2. The topological polar surface area (TPSA) is 60.0 Å². The first-order valence-corrected chi connectivity index (χ1v) is 8.23. The lowest BCUT2D eigenvalue weighted by molar-refractivity contribution is 0.0674. The van der Waals surface area contributed by atoms with E-state index in [4.69, 9.17) is 14.2 Å². The number of para-hydroxylation sites is 2. The predicted molar refractivity (Wildman–Crippen MR) is 88.1 cm³/mol. The number of urea groups is 1. The van der Waals surface area contributed by atoms with Gasteiger partial charge in [0.25, 0.3) is 0 Å². The molecule has 0 saturated heterocycles. The van der Waals surface area contributed by atoms with Crippen LogP contribution in [-0.4, -0.2) is 56.5 Å². The van der Waals surface area contributed by atoms with Crippen LogP contribution in [0.3, 0.4) is 0 Å². The summed E-state index contributed by atoms with van der Waals surface area (Å²) in [5.41, 5.74) is 0. The zero-order chi connectivity index (χ0) is 16.5. The molecule has 1 atom stereocenters. The van der Waals surface area contributed by atoms with Crippen LogP contribution >= 0.6 is 0 Å². The summed E-state index contributed by atoms with van der Waals surface area (Å²) >= 11 is 0. The summed E-state index contributed by atoms with van der Waals surface area (Å²) in [5, 5.41) is 2.91. The van der Waals surface area contributed by atoms with Gasteiger partial charge in [0.2, 0.25) is 0 Å². The minimum Gasteiger partial charge on any atom is -0.486 e. The van der Waals surface area contributed by atoms with Gasteiger partial charge >= 0.3 is 6.03 Å². The Labute approximate surface area is 137 Å². The van der Waals surface area contributed by atoms with Crippen LogP contribution in [-0.2, 0) is 4.74 Å². The summed E-state index contributed by atoms with van der Waals surface area (Å²) in [6.45, 7) is 7.47. The van der Waals surface area contributed by atoms with Crippen molar-refractivity contribution < 1.29 is 19.0 Å². The van der Waals surface area contributed by atoms with E-state index in [2.05, 4.69) is 5.32 Å². The number of nitrogens with one attached hydrogen (secondary N) is 1. The van der Waals surface area contributed by atoms with Crippen molar-refractivity contribution in [2.24, 2.45) is 0 Å². The third-order valence-electron chi connectivity index (χ3n) is 3.61. The summed E-state index contributed by atoms with van der Waals surface area (Å²) in [6, 6.07) is 7.51. The van der Waals surface area contributed by atoms with Gasteiger partial charge in [-0.05, 0) is 32.4 Å². The normalized spacial score (nSPS) is 16.0. The molecule has 1 unspecified atom stereocenters. The van der Waals surface area contributed by atoms with Crippen LogP contribution in [0.25, 0.3) is 0 Å². The molecule has 0 aromatic heterocycles. The number of hydrogen-bond acceptors (Lipinski definition) is 4. The van der Waals surface area contributed by atoms with Crippen LogP contribution < -0.4 is 14.8 Å². The average Bonchev–Trinajstić information content (AvgIpc) is 2.59. The Hall–Kier alpha value is -1.95. The number of nitrogens with zero attached hydrogens (tertiary/aromatic N) is 1. The molecule has 128 valence electrons. The highest BCUT2D eigenvalue weighted by Gasteiger charge is 2.24. The fraction of sp³-hybridized carbons (Fsp3) is 0.588. The first kappa shape index (κ1) is 17.4. The van der Waals surface area contributed by atoms with E-state index in [1.807, 2.05) is 38.1 Å². The van der Waals surface area contributed by atoms with Crippen LogP contribution in [0, 0.1) is 0 Å². The molecule has 1 heterocycles. The van der Waals surface area contributed by atoms with Gasteiger partial charge in [0.1, 0.15) is 6.61 Å². The van der Waals surface area contributed by atoms with E-state index in [0.29, 0.717) is 39.5 Å². The molecule has 2 rings (SSSR count). The summed E-state index contributed by atoms with van der Waals surface area (Å²) in [4.78, 5) is 13.9. The Morgan fingerprint density at radius 3 is 2.87 bits per heavy atom. The van der Waals surface area contributed by atoms with Crippen LogP contribution in [0.2, 0.25) is 0 Å². The number of fused-ring (bicyclic) bond motifs is 1. The van der Waals surface area contributed by atoms with Crippen LogP contribution in [0.5, 0.6) is 11.5 Å². The van der Waals surface area contributed by atoms with E-state index in [-0.39, 0.29) is 12.1 Å². The van der Waals surface area contributed by atoms with Crippen LogP contribution in [0.1, 0.15) is 20.3 Å². The molecule has 0 fully saturated rings. The molecule has 0 bridgehead atoms. The van der Waals surface area contributed by atoms with Crippen LogP contribution in [0.4, 0.5) is 4.79 Å². The average molecular weight is 322 g/mol. The van der Waals surface area contributed by atoms with Crippen LogP contribution in [0.15, 0.2) is 24.3 Å². The Kier molecular flexibility index (Phi) is 7.00. The number of hydrogen-bond donors (Lipinski definition) is 1. The predicted octanol–water partition coefficient (Wildman–Crippen LogP) is 2.28. The number of benzene rings is 1. The molecule has 0 radical (unpaired) electrons. The molecule has 23 heavy (non-hydrogen) atoms. The van der Waals surface area contributed by atoms with Crippen molar-refractivity contribution in [2.75, 3.05) is 39.5 Å². The fourth-order valence-electron chi connectivity index (χ4n) is 2.38. The SMILES string of the molecule is CCOCCCNC(=O)N(CC)CC1COc2ccccc2O1. The van der Waals surface area contributed by atoms with Gasteiger partial charge in [-0.25, -0.2) is 4.79 Å². The third kappa shape index (κ3) is 5.32. The zero-order valence-corrected chi connectivity index (χ0v) is 13.9. The highest BCUT2D eigenvalue weighted by molar-refractivity contribution is 5.74. The molecule has 1 aliphatic heterocycles. The number of ether oxygens (including phenoxy) is 3. The van der Waals surface area contributed by atoms with Crippen molar-refractivity contribution in [3.63, 3.8) is 0 Å². The number of carbonyl (C=O) groups is 1. The third-order valence-corrected chi connectivity index (χ3v) is 3.61. The monoisotopic (exact) mass is 322 g/mol. The number of likely N-dealkylation sites (N-methyl/N-ethyl adjacent to an activating group) is 1. The molecule has 1 aromatic carbocycles. The summed E-state index contributed by atoms with van der Waals surface area (Å²) in [5.74, 6) is 1.49. The van der Waals surface area contributed by atoms with Gasteiger partial charge in [0.05, 0.1) is 6.54 Å². The molecule has 1 aliphatic rings. The van der Waals surface area contributed by atoms with Crippen molar-refractivity contribution in [3.05, 3.63) is 24.3 Å². The van der Waals surface area contributed by atoms with E-state index in [1.165, 1.54) is 0 Å². The van der Waals surface area contributed by atoms with Crippen molar-refractivity contribution >= 4 is 6.03 Å². The molecule has 1 aromatic rings. The maximum Gasteiger partial charge on any atom is 0.317 e. The molecule has 0 saturated carbocycles. The maximum absolute atomic E-state index is 12.2. The standard InChI is InChI=1S/C17H26N2O4/c1-3-19(17(20)18-10-7-11-21-4-2)12-14-13-22-15-8-5-6-9-16(15)23-14/h5-6,8-9,14H,3-4,7,10-13H2,1-2H3,(H,18,20). The van der Waals surface area contributed by atoms with Gasteiger partial charge in [-0.15, -0.1) is 0 Å². The Morgan fingerprint density at radius 1 is 1.35 bits per heavy atom. The molecule has 0 aliphatic carbocycles. The second-order valence-electron chi connectivity index (χ2n) is 5.32. The quantitative estimate of drug-likeness (QED) is 0.746. The molecule has 6 nitrogen and oxygen atoms in total. The van der Waals surface area contributed by atoms with Gasteiger partial charge in [0.15, 0.2) is 17.6 Å². The Balaban J connectivity index is 1.77. The second-order valence-corrected chi connectivity index (χ2v) is 5.32. The highest BCUT2D eigenvalue weighted by Crippen LogP contribution is 2.30. The van der Waals surface area contributed by atoms with E-state index in [9.17, 15) is 4.79 Å². The molecule has 0 spiro atoms. The van der Waals surface area contributed by atoms with E-state index in [1.54, 1.807) is 4.90 Å². The lowest BCUT2D eigenvalue weighted by Crippen LogP contribution is -2.47.